The molecule has 0 saturated carbocycles. The topological polar surface area (TPSA) is 125 Å². The summed E-state index contributed by atoms with van der Waals surface area (Å²) in [6, 6.07) is 17.0. The van der Waals surface area contributed by atoms with Crippen LogP contribution in [0.4, 0.5) is 11.4 Å². The molecule has 1 N–H and O–H groups in total. The molecular weight excluding hydrogens is 446 g/mol. The van der Waals surface area contributed by atoms with Crippen molar-refractivity contribution in [1.82, 2.24) is 14.8 Å². The summed E-state index contributed by atoms with van der Waals surface area (Å²) in [6.07, 6.45) is 1.58. The molecule has 0 aliphatic heterocycles. The lowest BCUT2D eigenvalue weighted by Crippen LogP contribution is -2.15. The number of anilines is 1. The quantitative estimate of drug-likeness (QED) is 0.221. The van der Waals surface area contributed by atoms with Gasteiger partial charge in [-0.15, -0.1) is 10.2 Å². The zero-order chi connectivity index (χ0) is 23.2. The van der Waals surface area contributed by atoms with Crippen LogP contribution in [0, 0.1) is 10.1 Å². The summed E-state index contributed by atoms with van der Waals surface area (Å²) in [7, 11) is 1.59. The number of hydrogen-bond donors (Lipinski definition) is 1. The highest BCUT2D eigenvalue weighted by Crippen LogP contribution is 2.28. The van der Waals surface area contributed by atoms with E-state index >= 15 is 0 Å². The minimum Gasteiger partial charge on any atom is -0.497 e. The lowest BCUT2D eigenvalue weighted by atomic mass is 10.2. The number of para-hydroxylation sites is 2. The molecule has 0 aliphatic carbocycles. The van der Waals surface area contributed by atoms with Crippen molar-refractivity contribution in [2.24, 2.45) is 0 Å². The lowest BCUT2D eigenvalue weighted by Gasteiger charge is -2.10. The van der Waals surface area contributed by atoms with Gasteiger partial charge in [0.05, 0.1) is 30.6 Å². The molecule has 2 aromatic carbocycles. The number of amides is 1. The Morgan fingerprint density at radius 2 is 2.03 bits per heavy atom. The van der Waals surface area contributed by atoms with Crippen LogP contribution in [0.1, 0.15) is 5.76 Å². The number of furan rings is 1. The molecule has 1 amide bonds. The van der Waals surface area contributed by atoms with Gasteiger partial charge in [-0.2, -0.15) is 0 Å². The molecule has 0 spiro atoms. The minimum atomic E-state index is -0.539. The summed E-state index contributed by atoms with van der Waals surface area (Å²) < 4.78 is 12.6. The van der Waals surface area contributed by atoms with Gasteiger partial charge >= 0.3 is 0 Å². The molecule has 0 saturated heterocycles. The first-order chi connectivity index (χ1) is 16.0. The van der Waals surface area contributed by atoms with E-state index in [1.165, 1.54) is 23.9 Å². The van der Waals surface area contributed by atoms with E-state index in [4.69, 9.17) is 9.15 Å². The number of nitro groups is 1. The molecule has 11 heteroatoms. The van der Waals surface area contributed by atoms with Crippen LogP contribution in [0.5, 0.6) is 5.75 Å². The van der Waals surface area contributed by atoms with Crippen LogP contribution in [0.15, 0.2) is 76.5 Å². The fourth-order valence-corrected chi connectivity index (χ4v) is 3.86. The van der Waals surface area contributed by atoms with Gasteiger partial charge in [0.25, 0.3) is 5.69 Å². The van der Waals surface area contributed by atoms with Crippen molar-refractivity contribution >= 4 is 29.0 Å². The number of benzene rings is 2. The number of ether oxygens (including phenoxy) is 1. The van der Waals surface area contributed by atoms with Gasteiger partial charge in [-0.1, -0.05) is 36.0 Å². The fourth-order valence-electron chi connectivity index (χ4n) is 3.13. The average Bonchev–Trinajstić information content (AvgIpc) is 3.48. The molecule has 168 valence electrons. The number of methoxy groups -OCH3 is 1. The van der Waals surface area contributed by atoms with Crippen LogP contribution < -0.4 is 10.1 Å². The van der Waals surface area contributed by atoms with Gasteiger partial charge in [-0.05, 0) is 30.3 Å². The number of aromatic nitrogens is 3. The Balaban J connectivity index is 1.55. The van der Waals surface area contributed by atoms with Crippen LogP contribution in [-0.4, -0.2) is 38.5 Å². The maximum Gasteiger partial charge on any atom is 0.292 e. The molecule has 2 aromatic heterocycles. The van der Waals surface area contributed by atoms with Crippen LogP contribution >= 0.6 is 11.8 Å². The third kappa shape index (κ3) is 5.21. The zero-order valence-corrected chi connectivity index (χ0v) is 18.3. The zero-order valence-electron chi connectivity index (χ0n) is 17.5. The smallest absolute Gasteiger partial charge is 0.292 e. The first kappa shape index (κ1) is 22.1. The summed E-state index contributed by atoms with van der Waals surface area (Å²) in [5.74, 6) is 1.56. The van der Waals surface area contributed by atoms with Crippen molar-refractivity contribution in [2.45, 2.75) is 11.7 Å². The second kappa shape index (κ2) is 10.0. The fraction of sp³-hybridized carbons (Fsp3) is 0.136. The van der Waals surface area contributed by atoms with Gasteiger partial charge in [-0.3, -0.25) is 19.5 Å². The van der Waals surface area contributed by atoms with E-state index in [2.05, 4.69) is 15.5 Å². The highest BCUT2D eigenvalue weighted by Gasteiger charge is 2.19. The van der Waals surface area contributed by atoms with Crippen molar-refractivity contribution in [3.63, 3.8) is 0 Å². The molecule has 0 bridgehead atoms. The van der Waals surface area contributed by atoms with Crippen molar-refractivity contribution < 1.29 is 18.9 Å². The Morgan fingerprint density at radius 1 is 1.18 bits per heavy atom. The van der Waals surface area contributed by atoms with Crippen molar-refractivity contribution in [1.29, 1.82) is 0 Å². The summed E-state index contributed by atoms with van der Waals surface area (Å²) in [5, 5.41) is 22.8. The summed E-state index contributed by atoms with van der Waals surface area (Å²) >= 11 is 1.17. The molecule has 0 radical (unpaired) electrons. The van der Waals surface area contributed by atoms with Crippen LogP contribution in [-0.2, 0) is 11.3 Å². The molecule has 0 atom stereocenters. The summed E-state index contributed by atoms with van der Waals surface area (Å²) in [4.78, 5) is 23.1. The molecule has 0 unspecified atom stereocenters. The van der Waals surface area contributed by atoms with Gasteiger partial charge in [0.1, 0.15) is 17.2 Å². The highest BCUT2D eigenvalue weighted by molar-refractivity contribution is 7.99. The van der Waals surface area contributed by atoms with Gasteiger partial charge in [0.15, 0.2) is 11.0 Å². The number of rotatable bonds is 9. The van der Waals surface area contributed by atoms with Crippen LogP contribution in [0.25, 0.3) is 11.4 Å². The predicted molar refractivity (Wildman–Crippen MR) is 122 cm³/mol. The van der Waals surface area contributed by atoms with E-state index in [1.807, 2.05) is 34.9 Å². The first-order valence-corrected chi connectivity index (χ1v) is 10.8. The van der Waals surface area contributed by atoms with E-state index < -0.39 is 10.8 Å². The van der Waals surface area contributed by atoms with Crippen molar-refractivity contribution in [3.05, 3.63) is 82.8 Å². The lowest BCUT2D eigenvalue weighted by molar-refractivity contribution is -0.383. The molecule has 4 rings (SSSR count). The van der Waals surface area contributed by atoms with E-state index in [0.717, 1.165) is 5.56 Å². The molecule has 0 aliphatic rings. The second-order valence-corrected chi connectivity index (χ2v) is 7.76. The second-order valence-electron chi connectivity index (χ2n) is 6.81. The van der Waals surface area contributed by atoms with E-state index in [1.54, 1.807) is 31.6 Å². The Bertz CT molecular complexity index is 1270. The van der Waals surface area contributed by atoms with Gasteiger partial charge in [-0.25, -0.2) is 0 Å². The Kier molecular flexibility index (Phi) is 6.69. The van der Waals surface area contributed by atoms with Crippen molar-refractivity contribution in [3.8, 4) is 17.1 Å². The minimum absolute atomic E-state index is 0.0134. The largest absolute Gasteiger partial charge is 0.497 e. The SMILES string of the molecule is COc1cccc(-c2nnc(SCC(=O)Nc3ccccc3[N+](=O)[O-])n2Cc2ccco2)c1. The molecular formula is C22H19N5O5S. The van der Waals surface area contributed by atoms with E-state index in [0.29, 0.717) is 29.0 Å². The standard InChI is InChI=1S/C22H19N5O5S/c1-31-16-7-4-6-15(12-16)21-24-25-22(26(21)13-17-8-5-11-32-17)33-14-20(28)23-18-9-2-3-10-19(18)27(29)30/h2-12H,13-14H2,1H3,(H,23,28). The third-order valence-corrected chi connectivity index (χ3v) is 5.61. The van der Waals surface area contributed by atoms with Crippen LogP contribution in [0.3, 0.4) is 0 Å². The number of nitrogens with one attached hydrogen (secondary N) is 1. The summed E-state index contributed by atoms with van der Waals surface area (Å²) in [6.45, 7) is 0.362. The molecule has 0 fully saturated rings. The number of hydrogen-bond acceptors (Lipinski definition) is 8. The maximum atomic E-state index is 12.5. The Morgan fingerprint density at radius 3 is 2.79 bits per heavy atom. The Hall–Kier alpha value is -4.12. The molecule has 33 heavy (non-hydrogen) atoms. The van der Waals surface area contributed by atoms with E-state index in [-0.39, 0.29) is 17.1 Å². The normalized spacial score (nSPS) is 10.7. The summed E-state index contributed by atoms with van der Waals surface area (Å²) in [5.41, 5.74) is 0.768. The van der Waals surface area contributed by atoms with Gasteiger partial charge < -0.3 is 14.5 Å². The van der Waals surface area contributed by atoms with Gasteiger partial charge in [0.2, 0.25) is 5.91 Å². The molecule has 4 aromatic rings. The number of thioether (sulfide) groups is 1. The van der Waals surface area contributed by atoms with Gasteiger partial charge in [0, 0.05) is 11.6 Å². The third-order valence-electron chi connectivity index (χ3n) is 4.65. The predicted octanol–water partition coefficient (Wildman–Crippen LogP) is 4.23. The average molecular weight is 465 g/mol. The number of nitro benzene ring substituents is 1. The molecule has 10 nitrogen and oxygen atoms in total. The van der Waals surface area contributed by atoms with Crippen molar-refractivity contribution in [2.75, 3.05) is 18.2 Å². The van der Waals surface area contributed by atoms with Crippen LogP contribution in [0.2, 0.25) is 0 Å². The number of carbonyl (C=O) groups excluding carboxylic acids is 1. The Labute approximate surface area is 192 Å². The number of nitrogens with zero attached hydrogens (tertiary/aromatic N) is 4. The first-order valence-electron chi connectivity index (χ1n) is 9.81. The monoisotopic (exact) mass is 465 g/mol. The highest BCUT2D eigenvalue weighted by atomic mass is 32.2. The maximum absolute atomic E-state index is 12.5. The molecule has 2 heterocycles. The number of carbonyl (C=O) groups is 1. The van der Waals surface area contributed by atoms with E-state index in [9.17, 15) is 14.9 Å².